The van der Waals surface area contributed by atoms with Gasteiger partial charge >= 0.3 is 0 Å². The summed E-state index contributed by atoms with van der Waals surface area (Å²) in [4.78, 5) is 0.956. The van der Waals surface area contributed by atoms with Crippen molar-refractivity contribution in [3.8, 4) is 17.6 Å². The molecular formula is C15H13NO2S. The Bertz CT molecular complexity index is 624. The zero-order valence-corrected chi connectivity index (χ0v) is 11.5. The summed E-state index contributed by atoms with van der Waals surface area (Å²) in [5.41, 5.74) is 1.55. The lowest BCUT2D eigenvalue weighted by molar-refractivity contribution is 0.355. The minimum atomic E-state index is 0.641. The summed E-state index contributed by atoms with van der Waals surface area (Å²) in [5.74, 6) is 1.33. The highest BCUT2D eigenvalue weighted by molar-refractivity contribution is 7.11. The van der Waals surface area contributed by atoms with E-state index in [0.29, 0.717) is 17.1 Å². The molecular weight excluding hydrogens is 258 g/mol. The highest BCUT2D eigenvalue weighted by atomic mass is 32.1. The molecule has 19 heavy (non-hydrogen) atoms. The monoisotopic (exact) mass is 271 g/mol. The largest absolute Gasteiger partial charge is 0.493 e. The first-order chi connectivity index (χ1) is 9.28. The number of hydrogen-bond acceptors (Lipinski definition) is 4. The van der Waals surface area contributed by atoms with Crippen molar-refractivity contribution in [1.29, 1.82) is 5.26 Å². The number of methoxy groups -OCH3 is 2. The molecule has 96 valence electrons. The maximum absolute atomic E-state index is 9.22. The molecule has 0 spiro atoms. The van der Waals surface area contributed by atoms with E-state index in [1.54, 1.807) is 25.6 Å². The fourth-order valence-electron chi connectivity index (χ4n) is 1.70. The van der Waals surface area contributed by atoms with Crippen molar-refractivity contribution in [3.05, 3.63) is 46.2 Å². The average molecular weight is 271 g/mol. The van der Waals surface area contributed by atoms with Crippen LogP contribution in [0.25, 0.3) is 11.6 Å². The Morgan fingerprint density at radius 2 is 2.00 bits per heavy atom. The van der Waals surface area contributed by atoms with Gasteiger partial charge in [-0.3, -0.25) is 0 Å². The molecule has 0 radical (unpaired) electrons. The van der Waals surface area contributed by atoms with Crippen molar-refractivity contribution in [3.63, 3.8) is 0 Å². The molecule has 0 saturated heterocycles. The maximum Gasteiger partial charge on any atom is 0.161 e. The van der Waals surface area contributed by atoms with Gasteiger partial charge in [0.25, 0.3) is 0 Å². The standard InChI is InChI=1S/C15H13NO2S/c1-17-13-6-5-11(9-14(13)18-2)8-12(10-16)15-4-3-7-19-15/h3-9H,1-2H3. The Kier molecular flexibility index (Phi) is 4.22. The van der Waals surface area contributed by atoms with Gasteiger partial charge in [-0.25, -0.2) is 0 Å². The molecule has 0 fully saturated rings. The van der Waals surface area contributed by atoms with Gasteiger partial charge in [-0.1, -0.05) is 12.1 Å². The van der Waals surface area contributed by atoms with Gasteiger partial charge in [0, 0.05) is 4.88 Å². The molecule has 0 aliphatic carbocycles. The van der Waals surface area contributed by atoms with Crippen molar-refractivity contribution >= 4 is 23.0 Å². The van der Waals surface area contributed by atoms with Gasteiger partial charge in [0.15, 0.2) is 11.5 Å². The van der Waals surface area contributed by atoms with E-state index in [2.05, 4.69) is 6.07 Å². The number of nitriles is 1. The lowest BCUT2D eigenvalue weighted by Gasteiger charge is -2.07. The van der Waals surface area contributed by atoms with Crippen LogP contribution in [0.3, 0.4) is 0 Å². The summed E-state index contributed by atoms with van der Waals surface area (Å²) >= 11 is 1.55. The normalized spacial score (nSPS) is 10.9. The van der Waals surface area contributed by atoms with E-state index in [-0.39, 0.29) is 0 Å². The second-order valence-electron chi connectivity index (χ2n) is 3.76. The molecule has 0 atom stereocenters. The Morgan fingerprint density at radius 3 is 2.58 bits per heavy atom. The molecule has 2 rings (SSSR count). The first-order valence-electron chi connectivity index (χ1n) is 5.66. The summed E-state index contributed by atoms with van der Waals surface area (Å²) in [6.45, 7) is 0. The van der Waals surface area contributed by atoms with Crippen molar-refractivity contribution in [2.45, 2.75) is 0 Å². The highest BCUT2D eigenvalue weighted by Gasteiger charge is 2.06. The molecule has 1 aromatic carbocycles. The number of benzene rings is 1. The fraction of sp³-hybridized carbons (Fsp3) is 0.133. The van der Waals surface area contributed by atoms with Crippen molar-refractivity contribution in [2.75, 3.05) is 14.2 Å². The summed E-state index contributed by atoms with van der Waals surface area (Å²) in [6.07, 6.45) is 1.84. The third-order valence-electron chi connectivity index (χ3n) is 2.63. The molecule has 0 unspecified atom stereocenters. The highest BCUT2D eigenvalue weighted by Crippen LogP contribution is 2.30. The summed E-state index contributed by atoms with van der Waals surface area (Å²) in [5, 5.41) is 11.2. The second kappa shape index (κ2) is 6.07. The minimum absolute atomic E-state index is 0.641. The van der Waals surface area contributed by atoms with Gasteiger partial charge in [0.1, 0.15) is 6.07 Å². The SMILES string of the molecule is COc1ccc(C=C(C#N)c2cccs2)cc1OC. The Morgan fingerprint density at radius 1 is 1.21 bits per heavy atom. The Hall–Kier alpha value is -2.25. The second-order valence-corrected chi connectivity index (χ2v) is 4.71. The third-order valence-corrected chi connectivity index (χ3v) is 3.53. The first-order valence-corrected chi connectivity index (χ1v) is 6.54. The van der Waals surface area contributed by atoms with Gasteiger partial charge in [-0.2, -0.15) is 5.26 Å². The predicted octanol–water partition coefficient (Wildman–Crippen LogP) is 3.83. The van der Waals surface area contributed by atoms with Crippen LogP contribution in [0.15, 0.2) is 35.7 Å². The molecule has 0 aliphatic rings. The first kappa shape index (κ1) is 13.2. The van der Waals surface area contributed by atoms with Crippen LogP contribution < -0.4 is 9.47 Å². The van der Waals surface area contributed by atoms with Crippen molar-refractivity contribution in [1.82, 2.24) is 0 Å². The van der Waals surface area contributed by atoms with E-state index < -0.39 is 0 Å². The molecule has 2 aromatic rings. The van der Waals surface area contributed by atoms with Crippen molar-refractivity contribution in [2.24, 2.45) is 0 Å². The number of nitrogens with zero attached hydrogens (tertiary/aromatic N) is 1. The molecule has 0 saturated carbocycles. The topological polar surface area (TPSA) is 42.2 Å². The van der Waals surface area contributed by atoms with Gasteiger partial charge in [0.05, 0.1) is 19.8 Å². The van der Waals surface area contributed by atoms with Gasteiger partial charge in [0.2, 0.25) is 0 Å². The summed E-state index contributed by atoms with van der Waals surface area (Å²) in [6, 6.07) is 11.7. The average Bonchev–Trinajstić information content (AvgIpc) is 2.98. The van der Waals surface area contributed by atoms with Gasteiger partial charge < -0.3 is 9.47 Å². The fourth-order valence-corrected chi connectivity index (χ4v) is 2.39. The zero-order valence-electron chi connectivity index (χ0n) is 10.7. The third kappa shape index (κ3) is 2.95. The van der Waals surface area contributed by atoms with E-state index in [4.69, 9.17) is 9.47 Å². The van der Waals surface area contributed by atoms with Crippen molar-refractivity contribution < 1.29 is 9.47 Å². The maximum atomic E-state index is 9.22. The van der Waals surface area contributed by atoms with E-state index in [9.17, 15) is 5.26 Å². The van der Waals surface area contributed by atoms with Crippen LogP contribution in [-0.4, -0.2) is 14.2 Å². The van der Waals surface area contributed by atoms with Crippen LogP contribution in [0.2, 0.25) is 0 Å². The molecule has 1 heterocycles. The molecule has 4 heteroatoms. The molecule has 0 N–H and O–H groups in total. The van der Waals surface area contributed by atoms with E-state index in [1.807, 2.05) is 41.8 Å². The van der Waals surface area contributed by atoms with Crippen LogP contribution in [-0.2, 0) is 0 Å². The van der Waals surface area contributed by atoms with Crippen LogP contribution in [0.5, 0.6) is 11.5 Å². The smallest absolute Gasteiger partial charge is 0.161 e. The van der Waals surface area contributed by atoms with E-state index >= 15 is 0 Å². The number of thiophene rings is 1. The minimum Gasteiger partial charge on any atom is -0.493 e. The van der Waals surface area contributed by atoms with E-state index in [1.165, 1.54) is 0 Å². The number of allylic oxidation sites excluding steroid dienone is 1. The Labute approximate surface area is 116 Å². The zero-order chi connectivity index (χ0) is 13.7. The summed E-state index contributed by atoms with van der Waals surface area (Å²) in [7, 11) is 3.19. The number of hydrogen-bond donors (Lipinski definition) is 0. The number of rotatable bonds is 4. The van der Waals surface area contributed by atoms with Crippen LogP contribution >= 0.6 is 11.3 Å². The van der Waals surface area contributed by atoms with Gasteiger partial charge in [-0.05, 0) is 35.2 Å². The van der Waals surface area contributed by atoms with Crippen LogP contribution in [0, 0.1) is 11.3 Å². The molecule has 0 amide bonds. The molecule has 1 aromatic heterocycles. The number of ether oxygens (including phenoxy) is 2. The lowest BCUT2D eigenvalue weighted by Crippen LogP contribution is -1.90. The lowest BCUT2D eigenvalue weighted by atomic mass is 10.1. The predicted molar refractivity (Wildman–Crippen MR) is 77.3 cm³/mol. The van der Waals surface area contributed by atoms with Crippen LogP contribution in [0.1, 0.15) is 10.4 Å². The molecule has 3 nitrogen and oxygen atoms in total. The molecule has 0 aliphatic heterocycles. The quantitative estimate of drug-likeness (QED) is 0.794. The summed E-state index contributed by atoms with van der Waals surface area (Å²) < 4.78 is 10.4. The molecule has 0 bridgehead atoms. The van der Waals surface area contributed by atoms with E-state index in [0.717, 1.165) is 10.4 Å². The van der Waals surface area contributed by atoms with Gasteiger partial charge in [-0.15, -0.1) is 11.3 Å². The Balaban J connectivity index is 2.40. The van der Waals surface area contributed by atoms with Crippen LogP contribution in [0.4, 0.5) is 0 Å².